The van der Waals surface area contributed by atoms with Crippen molar-refractivity contribution in [2.45, 2.75) is 19.3 Å². The van der Waals surface area contributed by atoms with Crippen molar-refractivity contribution in [2.75, 3.05) is 13.1 Å². The molecule has 1 aliphatic rings. The van der Waals surface area contributed by atoms with E-state index in [0.717, 1.165) is 47.6 Å². The van der Waals surface area contributed by atoms with E-state index in [1.54, 1.807) is 0 Å². The third-order valence-electron chi connectivity index (χ3n) is 5.35. The van der Waals surface area contributed by atoms with Crippen LogP contribution in [0.5, 0.6) is 0 Å². The number of aryl methyl sites for hydroxylation is 2. The van der Waals surface area contributed by atoms with Gasteiger partial charge in [-0.05, 0) is 68.1 Å². The maximum Gasteiger partial charge on any atom is 0.102 e. The van der Waals surface area contributed by atoms with E-state index in [-0.39, 0.29) is 0 Å². The zero-order chi connectivity index (χ0) is 18.1. The van der Waals surface area contributed by atoms with Gasteiger partial charge in [-0.1, -0.05) is 11.6 Å². The van der Waals surface area contributed by atoms with Crippen LogP contribution < -0.4 is 5.32 Å². The molecule has 1 saturated heterocycles. The predicted octanol–water partition coefficient (Wildman–Crippen LogP) is 4.31. The summed E-state index contributed by atoms with van der Waals surface area (Å²) in [6.45, 7) is 2.25. The molecule has 0 aliphatic carbocycles. The second-order valence-corrected chi connectivity index (χ2v) is 7.47. The molecule has 4 nitrogen and oxygen atoms in total. The smallest absolute Gasteiger partial charge is 0.102 e. The molecule has 132 valence electrons. The van der Waals surface area contributed by atoms with Crippen LogP contribution in [0.1, 0.15) is 24.0 Å². The molecular weight excluding hydrogens is 344 g/mol. The first-order chi connectivity index (χ1) is 12.7. The molecule has 0 radical (unpaired) electrons. The van der Waals surface area contributed by atoms with Crippen LogP contribution in [0.25, 0.3) is 22.2 Å². The number of hydrogen-bond donors (Lipinski definition) is 1. The van der Waals surface area contributed by atoms with E-state index in [0.29, 0.717) is 10.6 Å². The summed E-state index contributed by atoms with van der Waals surface area (Å²) in [4.78, 5) is 4.45. The lowest BCUT2D eigenvalue weighted by atomic mass is 9.98. The van der Waals surface area contributed by atoms with Gasteiger partial charge in [-0.15, -0.1) is 0 Å². The highest BCUT2D eigenvalue weighted by atomic mass is 35.5. The molecule has 3 aromatic rings. The fourth-order valence-electron chi connectivity index (χ4n) is 3.95. The van der Waals surface area contributed by atoms with Crippen LogP contribution in [0.15, 0.2) is 36.7 Å². The molecule has 26 heavy (non-hydrogen) atoms. The van der Waals surface area contributed by atoms with Gasteiger partial charge in [0.2, 0.25) is 0 Å². The highest BCUT2D eigenvalue weighted by molar-refractivity contribution is 6.31. The van der Waals surface area contributed by atoms with Gasteiger partial charge in [-0.25, -0.2) is 0 Å². The molecule has 0 amide bonds. The standard InChI is InChI=1S/C21H21ClN4/c1-26-20-9-17(22)4-5-18(20)19(10-23)21(26)16-8-15(12-25-13-16)3-2-14-6-7-24-11-14/h4-5,8-9,12-14,24H,2-3,6-7,11H2,1H3/t14-/m1/s1. The summed E-state index contributed by atoms with van der Waals surface area (Å²) in [5.74, 6) is 0.757. The quantitative estimate of drug-likeness (QED) is 0.750. The van der Waals surface area contributed by atoms with Crippen LogP contribution in [0, 0.1) is 17.2 Å². The number of fused-ring (bicyclic) bond motifs is 1. The minimum absolute atomic E-state index is 0.672. The Morgan fingerprint density at radius 3 is 3.00 bits per heavy atom. The number of pyridine rings is 1. The molecule has 0 unspecified atom stereocenters. The number of rotatable bonds is 4. The molecule has 5 heteroatoms. The average molecular weight is 365 g/mol. The lowest BCUT2D eigenvalue weighted by Gasteiger charge is -2.10. The van der Waals surface area contributed by atoms with E-state index >= 15 is 0 Å². The van der Waals surface area contributed by atoms with Gasteiger partial charge in [0.15, 0.2) is 0 Å². The predicted molar refractivity (Wildman–Crippen MR) is 105 cm³/mol. The first-order valence-corrected chi connectivity index (χ1v) is 9.38. The van der Waals surface area contributed by atoms with Crippen LogP contribution in [0.2, 0.25) is 5.02 Å². The van der Waals surface area contributed by atoms with Crippen molar-refractivity contribution in [3.8, 4) is 17.3 Å². The maximum atomic E-state index is 9.75. The number of aromatic nitrogens is 2. The molecule has 1 aliphatic heterocycles. The van der Waals surface area contributed by atoms with Crippen LogP contribution in [-0.2, 0) is 13.5 Å². The number of halogens is 1. The van der Waals surface area contributed by atoms with Gasteiger partial charge in [0.25, 0.3) is 0 Å². The Hall–Kier alpha value is -2.35. The molecule has 3 heterocycles. The number of nitrogens with one attached hydrogen (secondary N) is 1. The molecule has 0 saturated carbocycles. The normalized spacial score (nSPS) is 16.9. The summed E-state index contributed by atoms with van der Waals surface area (Å²) in [5, 5.41) is 14.8. The molecule has 1 fully saturated rings. The molecule has 1 aromatic carbocycles. The second kappa shape index (κ2) is 7.11. The number of hydrogen-bond acceptors (Lipinski definition) is 3. The van der Waals surface area contributed by atoms with Crippen molar-refractivity contribution in [1.29, 1.82) is 5.26 Å². The first kappa shape index (κ1) is 17.1. The van der Waals surface area contributed by atoms with E-state index in [2.05, 4.69) is 22.4 Å². The van der Waals surface area contributed by atoms with Crippen LogP contribution in [-0.4, -0.2) is 22.6 Å². The molecule has 0 spiro atoms. The number of nitriles is 1. The molecule has 1 N–H and O–H groups in total. The van der Waals surface area contributed by atoms with E-state index in [1.165, 1.54) is 18.4 Å². The van der Waals surface area contributed by atoms with Gasteiger partial charge in [0, 0.05) is 35.4 Å². The third-order valence-corrected chi connectivity index (χ3v) is 5.58. The zero-order valence-corrected chi connectivity index (χ0v) is 15.6. The zero-order valence-electron chi connectivity index (χ0n) is 14.8. The molecule has 2 aromatic heterocycles. The van der Waals surface area contributed by atoms with Crippen molar-refractivity contribution in [3.05, 3.63) is 52.8 Å². The lowest BCUT2D eigenvalue weighted by molar-refractivity contribution is 0.532. The Morgan fingerprint density at radius 1 is 1.35 bits per heavy atom. The SMILES string of the molecule is Cn1c(-c2cncc(CC[C@@H]3CCNC3)c2)c(C#N)c2ccc(Cl)cc21. The highest BCUT2D eigenvalue weighted by Crippen LogP contribution is 2.34. The summed E-state index contributed by atoms with van der Waals surface area (Å²) in [6.07, 6.45) is 7.24. The van der Waals surface area contributed by atoms with Gasteiger partial charge in [-0.3, -0.25) is 4.98 Å². The maximum absolute atomic E-state index is 9.75. The fraction of sp³-hybridized carbons (Fsp3) is 0.333. The third kappa shape index (κ3) is 3.09. The van der Waals surface area contributed by atoms with Gasteiger partial charge < -0.3 is 9.88 Å². The summed E-state index contributed by atoms with van der Waals surface area (Å²) >= 11 is 6.16. The molecular formula is C21H21ClN4. The molecule has 4 rings (SSSR count). The number of nitrogens with zero attached hydrogens (tertiary/aromatic N) is 3. The summed E-state index contributed by atoms with van der Waals surface area (Å²) < 4.78 is 2.04. The van der Waals surface area contributed by atoms with Gasteiger partial charge in [0.05, 0.1) is 16.8 Å². The summed E-state index contributed by atoms with van der Waals surface area (Å²) in [5.41, 5.74) is 4.76. The second-order valence-electron chi connectivity index (χ2n) is 7.04. The minimum atomic E-state index is 0.672. The van der Waals surface area contributed by atoms with Gasteiger partial charge in [-0.2, -0.15) is 5.26 Å². The highest BCUT2D eigenvalue weighted by Gasteiger charge is 2.18. The van der Waals surface area contributed by atoms with Gasteiger partial charge >= 0.3 is 0 Å². The van der Waals surface area contributed by atoms with Crippen molar-refractivity contribution < 1.29 is 0 Å². The van der Waals surface area contributed by atoms with E-state index in [4.69, 9.17) is 11.6 Å². The largest absolute Gasteiger partial charge is 0.342 e. The van der Waals surface area contributed by atoms with E-state index in [9.17, 15) is 5.26 Å². The Morgan fingerprint density at radius 2 is 2.23 bits per heavy atom. The number of benzene rings is 1. The van der Waals surface area contributed by atoms with Crippen molar-refractivity contribution in [3.63, 3.8) is 0 Å². The fourth-order valence-corrected chi connectivity index (χ4v) is 4.11. The van der Waals surface area contributed by atoms with Crippen molar-refractivity contribution in [1.82, 2.24) is 14.9 Å². The van der Waals surface area contributed by atoms with Crippen molar-refractivity contribution >= 4 is 22.5 Å². The van der Waals surface area contributed by atoms with Crippen LogP contribution >= 0.6 is 11.6 Å². The lowest BCUT2D eigenvalue weighted by Crippen LogP contribution is -2.09. The summed E-state index contributed by atoms with van der Waals surface area (Å²) in [6, 6.07) is 10.2. The first-order valence-electron chi connectivity index (χ1n) is 9.00. The Labute approximate surface area is 158 Å². The van der Waals surface area contributed by atoms with Gasteiger partial charge in [0.1, 0.15) is 6.07 Å². The molecule has 0 bridgehead atoms. The minimum Gasteiger partial charge on any atom is -0.342 e. The Bertz CT molecular complexity index is 993. The summed E-state index contributed by atoms with van der Waals surface area (Å²) in [7, 11) is 1.98. The van der Waals surface area contributed by atoms with Crippen LogP contribution in [0.4, 0.5) is 0 Å². The van der Waals surface area contributed by atoms with Crippen LogP contribution in [0.3, 0.4) is 0 Å². The average Bonchev–Trinajstić information content (AvgIpc) is 3.26. The topological polar surface area (TPSA) is 53.6 Å². The Balaban J connectivity index is 1.72. The Kier molecular flexibility index (Phi) is 4.67. The van der Waals surface area contributed by atoms with E-state index in [1.807, 2.05) is 42.2 Å². The monoisotopic (exact) mass is 364 g/mol. The molecule has 1 atom stereocenters. The van der Waals surface area contributed by atoms with E-state index < -0.39 is 0 Å². The van der Waals surface area contributed by atoms with Crippen molar-refractivity contribution in [2.24, 2.45) is 13.0 Å².